The van der Waals surface area contributed by atoms with Gasteiger partial charge in [0, 0.05) is 32.9 Å². The Hall–Kier alpha value is -1.56. The highest BCUT2D eigenvalue weighted by atomic mass is 16.5. The molecule has 0 saturated carbocycles. The molecule has 0 aliphatic carbocycles. The maximum Gasteiger partial charge on any atom is 0.274 e. The highest BCUT2D eigenvalue weighted by Gasteiger charge is 2.22. The molecule has 0 unspecified atom stereocenters. The van der Waals surface area contributed by atoms with Gasteiger partial charge in [0.25, 0.3) is 5.91 Å². The van der Waals surface area contributed by atoms with Crippen LogP contribution in [0.15, 0.2) is 6.07 Å². The normalized spacial score (nSPS) is 13.0. The van der Waals surface area contributed by atoms with Crippen molar-refractivity contribution in [2.24, 2.45) is 0 Å². The van der Waals surface area contributed by atoms with Crippen molar-refractivity contribution in [3.63, 3.8) is 0 Å². The molecule has 1 amide bonds. The van der Waals surface area contributed by atoms with Crippen LogP contribution >= 0.6 is 0 Å². The second-order valence-electron chi connectivity index (χ2n) is 5.29. The third-order valence-corrected chi connectivity index (χ3v) is 3.61. The molecule has 6 nitrogen and oxygen atoms in total. The molecule has 21 heavy (non-hydrogen) atoms. The SMILES string of the molecule is CCCCCN(CCCOC)C(=O)c1cc2n(n1)CCO2. The van der Waals surface area contributed by atoms with E-state index < -0.39 is 0 Å². The van der Waals surface area contributed by atoms with Gasteiger partial charge in [0.1, 0.15) is 6.61 Å². The maximum atomic E-state index is 12.6. The number of nitrogens with zero attached hydrogens (tertiary/aromatic N) is 3. The van der Waals surface area contributed by atoms with Crippen molar-refractivity contribution in [2.45, 2.75) is 39.2 Å². The predicted octanol–water partition coefficient (Wildman–Crippen LogP) is 1.94. The van der Waals surface area contributed by atoms with Gasteiger partial charge in [-0.2, -0.15) is 5.10 Å². The average Bonchev–Trinajstić information content (AvgIpc) is 3.06. The Morgan fingerprint density at radius 2 is 2.24 bits per heavy atom. The van der Waals surface area contributed by atoms with Gasteiger partial charge in [-0.1, -0.05) is 19.8 Å². The zero-order valence-electron chi connectivity index (χ0n) is 13.0. The minimum Gasteiger partial charge on any atom is -0.476 e. The zero-order valence-corrected chi connectivity index (χ0v) is 13.0. The highest BCUT2D eigenvalue weighted by Crippen LogP contribution is 2.19. The number of methoxy groups -OCH3 is 1. The van der Waals surface area contributed by atoms with Crippen molar-refractivity contribution >= 4 is 5.91 Å². The lowest BCUT2D eigenvalue weighted by molar-refractivity contribution is 0.0726. The number of unbranched alkanes of at least 4 members (excludes halogenated alkanes) is 2. The summed E-state index contributed by atoms with van der Waals surface area (Å²) in [7, 11) is 1.68. The van der Waals surface area contributed by atoms with Crippen molar-refractivity contribution in [3.05, 3.63) is 11.8 Å². The van der Waals surface area contributed by atoms with Crippen LogP contribution in [0.4, 0.5) is 0 Å². The number of hydrogen-bond acceptors (Lipinski definition) is 4. The molecule has 0 saturated heterocycles. The smallest absolute Gasteiger partial charge is 0.274 e. The van der Waals surface area contributed by atoms with E-state index in [1.807, 2.05) is 4.90 Å². The minimum atomic E-state index is -0.00675. The van der Waals surface area contributed by atoms with Gasteiger partial charge in [0.05, 0.1) is 6.54 Å². The van der Waals surface area contributed by atoms with Crippen molar-refractivity contribution in [1.82, 2.24) is 14.7 Å². The number of amides is 1. The molecule has 0 atom stereocenters. The maximum absolute atomic E-state index is 12.6. The van der Waals surface area contributed by atoms with E-state index in [0.717, 1.165) is 38.8 Å². The van der Waals surface area contributed by atoms with E-state index in [1.165, 1.54) is 0 Å². The van der Waals surface area contributed by atoms with Gasteiger partial charge >= 0.3 is 0 Å². The number of fused-ring (bicyclic) bond motifs is 1. The zero-order chi connectivity index (χ0) is 15.1. The first kappa shape index (κ1) is 15.8. The Morgan fingerprint density at radius 1 is 1.43 bits per heavy atom. The molecule has 0 fully saturated rings. The first-order valence-electron chi connectivity index (χ1n) is 7.75. The molecule has 1 aromatic rings. The first-order valence-corrected chi connectivity index (χ1v) is 7.75. The van der Waals surface area contributed by atoms with Crippen molar-refractivity contribution in [3.8, 4) is 5.88 Å². The fourth-order valence-corrected chi connectivity index (χ4v) is 2.45. The molecular weight excluding hydrogens is 270 g/mol. The quantitative estimate of drug-likeness (QED) is 0.653. The van der Waals surface area contributed by atoms with E-state index in [2.05, 4.69) is 12.0 Å². The minimum absolute atomic E-state index is 0.00675. The molecule has 1 aliphatic rings. The fraction of sp³-hybridized carbons (Fsp3) is 0.733. The molecule has 0 spiro atoms. The van der Waals surface area contributed by atoms with E-state index in [4.69, 9.17) is 9.47 Å². The van der Waals surface area contributed by atoms with Gasteiger partial charge in [-0.25, -0.2) is 4.68 Å². The summed E-state index contributed by atoms with van der Waals surface area (Å²) in [6.45, 7) is 5.68. The number of hydrogen-bond donors (Lipinski definition) is 0. The lowest BCUT2D eigenvalue weighted by Gasteiger charge is -2.21. The Balaban J connectivity index is 1.97. The number of aromatic nitrogens is 2. The molecule has 118 valence electrons. The van der Waals surface area contributed by atoms with Gasteiger partial charge in [0.2, 0.25) is 5.88 Å². The molecule has 0 aromatic carbocycles. The summed E-state index contributed by atoms with van der Waals surface area (Å²) < 4.78 is 12.2. The van der Waals surface area contributed by atoms with Gasteiger partial charge in [-0.05, 0) is 12.8 Å². The largest absolute Gasteiger partial charge is 0.476 e. The summed E-state index contributed by atoms with van der Waals surface area (Å²) in [5.74, 6) is 0.691. The number of ether oxygens (including phenoxy) is 2. The van der Waals surface area contributed by atoms with Gasteiger partial charge in [-0.3, -0.25) is 4.79 Å². The van der Waals surface area contributed by atoms with Crippen LogP contribution in [-0.2, 0) is 11.3 Å². The van der Waals surface area contributed by atoms with E-state index in [1.54, 1.807) is 17.9 Å². The summed E-state index contributed by atoms with van der Waals surface area (Å²) in [6, 6.07) is 1.75. The van der Waals surface area contributed by atoms with Crippen LogP contribution < -0.4 is 4.74 Å². The molecule has 0 radical (unpaired) electrons. The molecule has 0 N–H and O–H groups in total. The van der Waals surface area contributed by atoms with Crippen LogP contribution in [0.1, 0.15) is 43.1 Å². The van der Waals surface area contributed by atoms with Crippen molar-refractivity contribution in [2.75, 3.05) is 33.4 Å². The first-order chi connectivity index (χ1) is 10.3. The van der Waals surface area contributed by atoms with Crippen LogP contribution in [0.3, 0.4) is 0 Å². The summed E-state index contributed by atoms with van der Waals surface area (Å²) in [5.41, 5.74) is 0.485. The predicted molar refractivity (Wildman–Crippen MR) is 79.6 cm³/mol. The Labute approximate surface area is 126 Å². The second kappa shape index (κ2) is 8.02. The topological polar surface area (TPSA) is 56.6 Å². The van der Waals surface area contributed by atoms with Crippen LogP contribution in [0.2, 0.25) is 0 Å². The van der Waals surface area contributed by atoms with Gasteiger partial charge in [0.15, 0.2) is 5.69 Å². The summed E-state index contributed by atoms with van der Waals surface area (Å²) in [6.07, 6.45) is 4.15. The van der Waals surface area contributed by atoms with Crippen LogP contribution in [0.25, 0.3) is 0 Å². The van der Waals surface area contributed by atoms with E-state index >= 15 is 0 Å². The Kier molecular flexibility index (Phi) is 6.04. The van der Waals surface area contributed by atoms with Crippen LogP contribution in [-0.4, -0.2) is 54.0 Å². The summed E-state index contributed by atoms with van der Waals surface area (Å²) in [5, 5.41) is 4.34. The number of rotatable bonds is 9. The molecule has 1 aliphatic heterocycles. The molecule has 2 rings (SSSR count). The third-order valence-electron chi connectivity index (χ3n) is 3.61. The number of carbonyl (C=O) groups is 1. The van der Waals surface area contributed by atoms with Gasteiger partial charge < -0.3 is 14.4 Å². The van der Waals surface area contributed by atoms with E-state index in [9.17, 15) is 4.79 Å². The fourth-order valence-electron chi connectivity index (χ4n) is 2.45. The van der Waals surface area contributed by atoms with Crippen LogP contribution in [0.5, 0.6) is 5.88 Å². The summed E-state index contributed by atoms with van der Waals surface area (Å²) in [4.78, 5) is 14.5. The Morgan fingerprint density at radius 3 is 2.95 bits per heavy atom. The standard InChI is InChI=1S/C15H25N3O3/c1-3-4-5-7-17(8-6-10-20-2)15(19)13-12-14-18(16-13)9-11-21-14/h12H,3-11H2,1-2H3. The monoisotopic (exact) mass is 295 g/mol. The average molecular weight is 295 g/mol. The van der Waals surface area contributed by atoms with Crippen molar-refractivity contribution in [1.29, 1.82) is 0 Å². The second-order valence-corrected chi connectivity index (χ2v) is 5.29. The Bertz CT molecular complexity index is 428. The van der Waals surface area contributed by atoms with E-state index in [-0.39, 0.29) is 5.91 Å². The lowest BCUT2D eigenvalue weighted by atomic mass is 10.2. The molecule has 2 heterocycles. The van der Waals surface area contributed by atoms with E-state index in [0.29, 0.717) is 31.3 Å². The summed E-state index contributed by atoms with van der Waals surface area (Å²) >= 11 is 0. The lowest BCUT2D eigenvalue weighted by Crippen LogP contribution is -2.34. The molecule has 1 aromatic heterocycles. The third kappa shape index (κ3) is 4.20. The van der Waals surface area contributed by atoms with Crippen molar-refractivity contribution < 1.29 is 14.3 Å². The molecule has 0 bridgehead atoms. The highest BCUT2D eigenvalue weighted by molar-refractivity contribution is 5.92. The number of carbonyl (C=O) groups excluding carboxylic acids is 1. The van der Waals surface area contributed by atoms with Gasteiger partial charge in [-0.15, -0.1) is 0 Å². The molecular formula is C15H25N3O3. The van der Waals surface area contributed by atoms with Crippen LogP contribution in [0, 0.1) is 0 Å². The molecule has 6 heteroatoms.